The Balaban J connectivity index is 1.88. The van der Waals surface area contributed by atoms with Crippen molar-refractivity contribution in [3.63, 3.8) is 0 Å². The Labute approximate surface area is 174 Å². The van der Waals surface area contributed by atoms with E-state index in [2.05, 4.69) is 55.0 Å². The number of anilines is 2. The van der Waals surface area contributed by atoms with E-state index in [1.54, 1.807) is 6.92 Å². The van der Waals surface area contributed by atoms with Gasteiger partial charge in [0.05, 0.1) is 18.8 Å². The Hall–Kier alpha value is -2.18. The number of hydrogen-bond donors (Lipinski definition) is 3. The summed E-state index contributed by atoms with van der Waals surface area (Å²) in [7, 11) is 0. The maximum absolute atomic E-state index is 9.85. The lowest BCUT2D eigenvalue weighted by Gasteiger charge is -2.31. The largest absolute Gasteiger partial charge is 0.394 e. The number of aliphatic hydroxyl groups excluding tert-OH is 2. The minimum absolute atomic E-state index is 0.0428. The molecule has 0 unspecified atom stereocenters. The van der Waals surface area contributed by atoms with Gasteiger partial charge in [-0.25, -0.2) is 9.97 Å². The highest BCUT2D eigenvalue weighted by molar-refractivity contribution is 5.52. The summed E-state index contributed by atoms with van der Waals surface area (Å²) in [6.07, 6.45) is 0.480. The Morgan fingerprint density at radius 3 is 2.45 bits per heavy atom. The van der Waals surface area contributed by atoms with Crippen LogP contribution in [-0.2, 0) is 13.0 Å². The van der Waals surface area contributed by atoms with Crippen molar-refractivity contribution in [3.05, 3.63) is 46.8 Å². The lowest BCUT2D eigenvalue weighted by Crippen LogP contribution is -2.33. The van der Waals surface area contributed by atoms with Gasteiger partial charge in [0.1, 0.15) is 17.5 Å². The molecule has 0 saturated carbocycles. The fourth-order valence-electron chi connectivity index (χ4n) is 3.59. The van der Waals surface area contributed by atoms with Crippen molar-refractivity contribution in [1.29, 1.82) is 0 Å². The van der Waals surface area contributed by atoms with Gasteiger partial charge in [-0.3, -0.25) is 0 Å². The third-order valence-corrected chi connectivity index (χ3v) is 5.63. The predicted octanol–water partition coefficient (Wildman–Crippen LogP) is 3.64. The van der Waals surface area contributed by atoms with Crippen molar-refractivity contribution in [1.82, 2.24) is 9.97 Å². The minimum Gasteiger partial charge on any atom is -0.394 e. The van der Waals surface area contributed by atoms with Crippen molar-refractivity contribution < 1.29 is 10.2 Å². The number of aromatic nitrogens is 2. The molecule has 3 rings (SSSR count). The Kier molecular flexibility index (Phi) is 6.75. The van der Waals surface area contributed by atoms with Crippen LogP contribution in [0.25, 0.3) is 0 Å². The van der Waals surface area contributed by atoms with Crippen molar-refractivity contribution >= 4 is 11.6 Å². The number of benzene rings is 1. The molecule has 3 N–H and O–H groups in total. The molecule has 0 amide bonds. The molecular formula is C23H34N4O2. The van der Waals surface area contributed by atoms with E-state index in [1.165, 1.54) is 11.1 Å². The minimum atomic E-state index is -0.442. The first-order valence-corrected chi connectivity index (χ1v) is 10.6. The second-order valence-electron chi connectivity index (χ2n) is 8.68. The van der Waals surface area contributed by atoms with Gasteiger partial charge in [0.15, 0.2) is 0 Å². The van der Waals surface area contributed by atoms with Gasteiger partial charge in [-0.05, 0) is 36.0 Å². The highest BCUT2D eigenvalue weighted by Gasteiger charge is 2.21. The average Bonchev–Trinajstić information content (AvgIpc) is 2.70. The zero-order chi connectivity index (χ0) is 21.1. The van der Waals surface area contributed by atoms with Crippen molar-refractivity contribution in [2.75, 3.05) is 23.4 Å². The normalized spacial score (nSPS) is 16.1. The fourth-order valence-corrected chi connectivity index (χ4v) is 3.59. The van der Waals surface area contributed by atoms with E-state index in [1.807, 2.05) is 12.1 Å². The topological polar surface area (TPSA) is 81.5 Å². The third-order valence-electron chi connectivity index (χ3n) is 5.63. The fraction of sp³-hybridized carbons (Fsp3) is 0.565. The van der Waals surface area contributed by atoms with Crippen LogP contribution < -0.4 is 10.2 Å². The maximum Gasteiger partial charge on any atom is 0.135 e. The zero-order valence-corrected chi connectivity index (χ0v) is 18.2. The third kappa shape index (κ3) is 5.06. The Morgan fingerprint density at radius 2 is 1.83 bits per heavy atom. The van der Waals surface area contributed by atoms with Crippen LogP contribution in [0.5, 0.6) is 0 Å². The van der Waals surface area contributed by atoms with Crippen LogP contribution in [0.15, 0.2) is 24.3 Å². The second-order valence-corrected chi connectivity index (χ2v) is 8.68. The molecule has 0 spiro atoms. The summed E-state index contributed by atoms with van der Waals surface area (Å²) in [5.41, 5.74) is 3.54. The van der Waals surface area contributed by atoms with Crippen molar-refractivity contribution in [2.24, 2.45) is 5.92 Å². The molecule has 29 heavy (non-hydrogen) atoms. The molecule has 0 aliphatic carbocycles. The first-order chi connectivity index (χ1) is 13.8. The van der Waals surface area contributed by atoms with E-state index in [4.69, 9.17) is 4.98 Å². The summed E-state index contributed by atoms with van der Waals surface area (Å²) >= 11 is 0. The first-order valence-electron chi connectivity index (χ1n) is 10.6. The first kappa shape index (κ1) is 21.5. The predicted molar refractivity (Wildman–Crippen MR) is 117 cm³/mol. The average molecular weight is 399 g/mol. The van der Waals surface area contributed by atoms with E-state index in [0.717, 1.165) is 42.5 Å². The van der Waals surface area contributed by atoms with Crippen molar-refractivity contribution in [3.8, 4) is 0 Å². The molecule has 6 heteroatoms. The molecule has 2 heterocycles. The van der Waals surface area contributed by atoms with Crippen LogP contribution in [0.4, 0.5) is 11.6 Å². The molecule has 2 aromatic rings. The van der Waals surface area contributed by atoms with Gasteiger partial charge in [-0.15, -0.1) is 0 Å². The highest BCUT2D eigenvalue weighted by atomic mass is 16.3. The maximum atomic E-state index is 9.85. The molecule has 2 atom stereocenters. The Bertz CT molecular complexity index is 836. The summed E-state index contributed by atoms with van der Waals surface area (Å²) in [4.78, 5) is 11.8. The van der Waals surface area contributed by atoms with E-state index < -0.39 is 6.10 Å². The zero-order valence-electron chi connectivity index (χ0n) is 18.2. The number of hydrogen-bond acceptors (Lipinski definition) is 6. The van der Waals surface area contributed by atoms with E-state index in [-0.39, 0.29) is 18.6 Å². The summed E-state index contributed by atoms with van der Waals surface area (Å²) in [5, 5.41) is 22.9. The van der Waals surface area contributed by atoms with Crippen LogP contribution in [0, 0.1) is 5.92 Å². The standard InChI is InChI=1S/C23H34N4O2/c1-14(2)20(13-28)24-21-11-22(26-23(25-21)15(3)4)27-9-8-18-10-17(16(5)29)6-7-19(18)12-27/h6-7,10-11,14-16,20,28-29H,8-9,12-13H2,1-5H3,(H,24,25,26)/t16-,20-/m1/s1. The number of fused-ring (bicyclic) bond motifs is 1. The molecule has 1 aromatic carbocycles. The molecule has 0 radical (unpaired) electrons. The van der Waals surface area contributed by atoms with Crippen LogP contribution in [0.1, 0.15) is 69.2 Å². The van der Waals surface area contributed by atoms with Crippen LogP contribution in [0.2, 0.25) is 0 Å². The van der Waals surface area contributed by atoms with Crippen molar-refractivity contribution in [2.45, 2.75) is 65.6 Å². The van der Waals surface area contributed by atoms with Gasteiger partial charge in [-0.2, -0.15) is 0 Å². The molecule has 1 aliphatic rings. The number of nitrogens with one attached hydrogen (secondary N) is 1. The lowest BCUT2D eigenvalue weighted by molar-refractivity contribution is 0.199. The summed E-state index contributed by atoms with van der Waals surface area (Å²) in [5.74, 6) is 3.00. The highest BCUT2D eigenvalue weighted by Crippen LogP contribution is 2.28. The smallest absolute Gasteiger partial charge is 0.135 e. The second kappa shape index (κ2) is 9.09. The van der Waals surface area contributed by atoms with Gasteiger partial charge in [0.25, 0.3) is 0 Å². The number of rotatable bonds is 7. The van der Waals surface area contributed by atoms with E-state index >= 15 is 0 Å². The van der Waals surface area contributed by atoms with E-state index in [0.29, 0.717) is 5.92 Å². The monoisotopic (exact) mass is 398 g/mol. The van der Waals surface area contributed by atoms with E-state index in [9.17, 15) is 10.2 Å². The van der Waals surface area contributed by atoms with Gasteiger partial charge >= 0.3 is 0 Å². The quantitative estimate of drug-likeness (QED) is 0.661. The Morgan fingerprint density at radius 1 is 1.07 bits per heavy atom. The molecule has 158 valence electrons. The molecule has 0 saturated heterocycles. The van der Waals surface area contributed by atoms with Crippen LogP contribution in [0.3, 0.4) is 0 Å². The summed E-state index contributed by atoms with van der Waals surface area (Å²) < 4.78 is 0. The summed E-state index contributed by atoms with van der Waals surface area (Å²) in [6, 6.07) is 8.20. The van der Waals surface area contributed by atoms with Gasteiger partial charge in [-0.1, -0.05) is 45.9 Å². The molecular weight excluding hydrogens is 364 g/mol. The molecule has 6 nitrogen and oxygen atoms in total. The molecule has 0 bridgehead atoms. The molecule has 0 fully saturated rings. The summed E-state index contributed by atoms with van der Waals surface area (Å²) in [6.45, 7) is 11.9. The van der Waals surface area contributed by atoms with Gasteiger partial charge in [0, 0.05) is 25.1 Å². The van der Waals surface area contributed by atoms with Crippen LogP contribution >= 0.6 is 0 Å². The lowest BCUT2D eigenvalue weighted by atomic mass is 9.96. The molecule has 1 aliphatic heterocycles. The number of nitrogens with zero attached hydrogens (tertiary/aromatic N) is 3. The van der Waals surface area contributed by atoms with Crippen LogP contribution in [-0.4, -0.2) is 39.4 Å². The SMILES string of the molecule is CC(C)c1nc(N[C@H](CO)C(C)C)cc(N2CCc3cc([C@@H](C)O)ccc3C2)n1. The molecule has 1 aromatic heterocycles. The number of aliphatic hydroxyl groups is 2. The van der Waals surface area contributed by atoms with Gasteiger partial charge < -0.3 is 20.4 Å². The van der Waals surface area contributed by atoms with Gasteiger partial charge in [0.2, 0.25) is 0 Å².